The van der Waals surface area contributed by atoms with Gasteiger partial charge in [-0.2, -0.15) is 0 Å². The van der Waals surface area contributed by atoms with Crippen molar-refractivity contribution < 1.29 is 0 Å². The number of rotatable bonds is 7. The molecule has 0 aliphatic carbocycles. The van der Waals surface area contributed by atoms with Crippen LogP contribution in [0.25, 0.3) is 0 Å². The van der Waals surface area contributed by atoms with Gasteiger partial charge in [-0.3, -0.25) is 9.89 Å². The summed E-state index contributed by atoms with van der Waals surface area (Å²) in [6, 6.07) is 11.5. The van der Waals surface area contributed by atoms with Crippen LogP contribution in [0.15, 0.2) is 35.3 Å². The fraction of sp³-hybridized carbons (Fsp3) is 0.708. The number of hydrogen-bond donors (Lipinski definition) is 1. The van der Waals surface area contributed by atoms with E-state index in [2.05, 4.69) is 81.1 Å². The average molecular weight is 543 g/mol. The third-order valence-electron chi connectivity index (χ3n) is 6.61. The zero-order valence-corrected chi connectivity index (χ0v) is 22.3. The van der Waals surface area contributed by atoms with Crippen molar-refractivity contribution >= 4 is 29.9 Å². The number of nitrogens with one attached hydrogen (secondary N) is 1. The van der Waals surface area contributed by atoms with Crippen molar-refractivity contribution in [3.05, 3.63) is 35.9 Å². The Balaban J connectivity index is 0.00000341. The van der Waals surface area contributed by atoms with Gasteiger partial charge in [-0.1, -0.05) is 44.2 Å². The van der Waals surface area contributed by atoms with Gasteiger partial charge in [0, 0.05) is 78.5 Å². The molecule has 2 aliphatic rings. The molecule has 31 heavy (non-hydrogen) atoms. The van der Waals surface area contributed by atoms with Crippen LogP contribution in [-0.2, 0) is 0 Å². The highest BCUT2D eigenvalue weighted by Gasteiger charge is 2.25. The highest BCUT2D eigenvalue weighted by atomic mass is 127. The van der Waals surface area contributed by atoms with Crippen LogP contribution in [0.1, 0.15) is 31.9 Å². The van der Waals surface area contributed by atoms with Crippen molar-refractivity contribution in [3.63, 3.8) is 0 Å². The number of likely N-dealkylation sites (N-methyl/N-ethyl adjacent to an activating group) is 1. The first kappa shape index (κ1) is 26.4. The Morgan fingerprint density at radius 2 is 1.65 bits per heavy atom. The van der Waals surface area contributed by atoms with E-state index in [0.29, 0.717) is 12.0 Å². The molecule has 0 radical (unpaired) electrons. The summed E-state index contributed by atoms with van der Waals surface area (Å²) in [6.07, 6.45) is 1.15. The van der Waals surface area contributed by atoms with E-state index in [1.807, 2.05) is 7.05 Å². The van der Waals surface area contributed by atoms with E-state index in [9.17, 15) is 0 Å². The predicted molar refractivity (Wildman–Crippen MR) is 142 cm³/mol. The maximum Gasteiger partial charge on any atom is 0.193 e. The lowest BCUT2D eigenvalue weighted by molar-refractivity contribution is 0.125. The summed E-state index contributed by atoms with van der Waals surface area (Å²) in [5, 5.41) is 3.65. The number of benzene rings is 1. The second-order valence-electron chi connectivity index (χ2n) is 8.99. The second kappa shape index (κ2) is 13.6. The van der Waals surface area contributed by atoms with Gasteiger partial charge >= 0.3 is 0 Å². The zero-order chi connectivity index (χ0) is 21.3. The molecule has 3 rings (SSSR count). The molecule has 2 saturated heterocycles. The van der Waals surface area contributed by atoms with Crippen LogP contribution >= 0.6 is 24.0 Å². The quantitative estimate of drug-likeness (QED) is 0.326. The fourth-order valence-corrected chi connectivity index (χ4v) is 4.76. The minimum atomic E-state index is 0. The molecule has 2 fully saturated rings. The molecular formula is C24H43IN6. The molecule has 0 amide bonds. The van der Waals surface area contributed by atoms with Crippen LogP contribution in [-0.4, -0.2) is 105 Å². The van der Waals surface area contributed by atoms with Crippen molar-refractivity contribution in [2.45, 2.75) is 26.3 Å². The van der Waals surface area contributed by atoms with Gasteiger partial charge in [0.2, 0.25) is 0 Å². The molecule has 1 aromatic rings. The van der Waals surface area contributed by atoms with E-state index >= 15 is 0 Å². The highest BCUT2D eigenvalue weighted by Crippen LogP contribution is 2.25. The van der Waals surface area contributed by atoms with E-state index in [1.165, 1.54) is 38.3 Å². The average Bonchev–Trinajstić information content (AvgIpc) is 2.78. The summed E-state index contributed by atoms with van der Waals surface area (Å²) >= 11 is 0. The third-order valence-corrected chi connectivity index (χ3v) is 6.61. The van der Waals surface area contributed by atoms with Gasteiger partial charge in [-0.05, 0) is 24.9 Å². The van der Waals surface area contributed by atoms with Crippen LogP contribution in [0.5, 0.6) is 0 Å². The van der Waals surface area contributed by atoms with Crippen LogP contribution in [0, 0.1) is 5.92 Å². The minimum Gasteiger partial charge on any atom is -0.356 e. The SMILES string of the molecule is CCC(c1ccccc1)N1CCN(C(=NC)NCC(C)CN2CCN(C)CC2)CC1.I. The Kier molecular flexibility index (Phi) is 11.6. The molecule has 6 nitrogen and oxygen atoms in total. The number of nitrogens with zero attached hydrogens (tertiary/aromatic N) is 5. The van der Waals surface area contributed by atoms with Crippen LogP contribution in [0.3, 0.4) is 0 Å². The number of piperazine rings is 2. The number of aliphatic imine (C=N–C) groups is 1. The Bertz CT molecular complexity index is 639. The standard InChI is InChI=1S/C24H42N6.HI/c1-5-23(22-9-7-6-8-10-22)29-15-17-30(18-16-29)24(25-3)26-19-21(2)20-28-13-11-27(4)12-14-28;/h6-10,21,23H,5,11-20H2,1-4H3,(H,25,26);1H. The summed E-state index contributed by atoms with van der Waals surface area (Å²) in [7, 11) is 4.13. The summed E-state index contributed by atoms with van der Waals surface area (Å²) in [5.74, 6) is 1.68. The first-order chi connectivity index (χ1) is 14.6. The Morgan fingerprint density at radius 1 is 1.00 bits per heavy atom. The topological polar surface area (TPSA) is 37.4 Å². The Labute approximate surface area is 207 Å². The normalized spacial score (nSPS) is 21.4. The molecule has 2 heterocycles. The lowest BCUT2D eigenvalue weighted by atomic mass is 10.0. The first-order valence-electron chi connectivity index (χ1n) is 11.8. The van der Waals surface area contributed by atoms with Gasteiger partial charge in [0.1, 0.15) is 0 Å². The van der Waals surface area contributed by atoms with Crippen LogP contribution < -0.4 is 5.32 Å². The molecule has 1 aromatic carbocycles. The van der Waals surface area contributed by atoms with Gasteiger partial charge in [-0.15, -0.1) is 24.0 Å². The molecule has 1 N–H and O–H groups in total. The maximum atomic E-state index is 4.58. The van der Waals surface area contributed by atoms with Gasteiger partial charge in [-0.25, -0.2) is 0 Å². The number of guanidine groups is 1. The van der Waals surface area contributed by atoms with Crippen molar-refractivity contribution in [1.29, 1.82) is 0 Å². The number of hydrogen-bond acceptors (Lipinski definition) is 4. The fourth-order valence-electron chi connectivity index (χ4n) is 4.76. The Hall–Kier alpha value is -0.900. The molecule has 0 saturated carbocycles. The van der Waals surface area contributed by atoms with E-state index < -0.39 is 0 Å². The third kappa shape index (κ3) is 7.87. The van der Waals surface area contributed by atoms with E-state index in [4.69, 9.17) is 0 Å². The highest BCUT2D eigenvalue weighted by molar-refractivity contribution is 14.0. The number of halogens is 1. The van der Waals surface area contributed by atoms with E-state index in [1.54, 1.807) is 0 Å². The minimum absolute atomic E-state index is 0. The van der Waals surface area contributed by atoms with Crippen molar-refractivity contribution in [2.24, 2.45) is 10.9 Å². The molecule has 2 atom stereocenters. The van der Waals surface area contributed by atoms with E-state index in [0.717, 1.165) is 45.1 Å². The molecule has 0 spiro atoms. The van der Waals surface area contributed by atoms with Gasteiger partial charge in [0.25, 0.3) is 0 Å². The summed E-state index contributed by atoms with van der Waals surface area (Å²) in [5.41, 5.74) is 1.44. The first-order valence-corrected chi connectivity index (χ1v) is 11.8. The molecule has 176 valence electrons. The van der Waals surface area contributed by atoms with Gasteiger partial charge in [0.05, 0.1) is 0 Å². The van der Waals surface area contributed by atoms with E-state index in [-0.39, 0.29) is 24.0 Å². The van der Waals surface area contributed by atoms with Crippen LogP contribution in [0.4, 0.5) is 0 Å². The van der Waals surface area contributed by atoms with Gasteiger partial charge in [0.15, 0.2) is 5.96 Å². The molecule has 7 heteroatoms. The van der Waals surface area contributed by atoms with Gasteiger partial charge < -0.3 is 20.0 Å². The zero-order valence-electron chi connectivity index (χ0n) is 20.0. The summed E-state index contributed by atoms with van der Waals surface area (Å²) < 4.78 is 0. The molecule has 2 aliphatic heterocycles. The molecular weight excluding hydrogens is 499 g/mol. The van der Waals surface area contributed by atoms with Crippen molar-refractivity contribution in [3.8, 4) is 0 Å². The molecule has 2 unspecified atom stereocenters. The lowest BCUT2D eigenvalue weighted by Gasteiger charge is -2.40. The smallest absolute Gasteiger partial charge is 0.193 e. The lowest BCUT2D eigenvalue weighted by Crippen LogP contribution is -2.54. The van der Waals surface area contributed by atoms with Crippen molar-refractivity contribution in [1.82, 2.24) is 24.9 Å². The monoisotopic (exact) mass is 542 g/mol. The maximum absolute atomic E-state index is 4.58. The Morgan fingerprint density at radius 3 is 2.23 bits per heavy atom. The predicted octanol–water partition coefficient (Wildman–Crippen LogP) is 2.83. The molecule has 0 bridgehead atoms. The summed E-state index contributed by atoms with van der Waals surface area (Å²) in [4.78, 5) is 14.7. The largest absolute Gasteiger partial charge is 0.356 e. The summed E-state index contributed by atoms with van der Waals surface area (Å²) in [6.45, 7) is 15.8. The molecule has 0 aromatic heterocycles. The van der Waals surface area contributed by atoms with Crippen LogP contribution in [0.2, 0.25) is 0 Å². The van der Waals surface area contributed by atoms with Crippen molar-refractivity contribution in [2.75, 3.05) is 79.5 Å². The second-order valence-corrected chi connectivity index (χ2v) is 8.99.